The molecule has 0 aromatic rings. The second-order valence-electron chi connectivity index (χ2n) is 2.96. The van der Waals surface area contributed by atoms with Gasteiger partial charge in [-0.3, -0.25) is 4.18 Å². The van der Waals surface area contributed by atoms with E-state index in [1.54, 1.807) is 13.8 Å². The van der Waals surface area contributed by atoms with Crippen LogP contribution in [0.4, 0.5) is 0 Å². The second-order valence-corrected chi connectivity index (χ2v) is 4.80. The molecule has 0 saturated heterocycles. The highest BCUT2D eigenvalue weighted by Crippen LogP contribution is 2.38. The minimum atomic E-state index is -1.73. The van der Waals surface area contributed by atoms with Crippen molar-refractivity contribution in [3.8, 4) is 0 Å². The first-order chi connectivity index (χ1) is 5.90. The van der Waals surface area contributed by atoms with Gasteiger partial charge < -0.3 is 4.74 Å². The standard InChI is InChI=1S/C7H9BrO4S/c1-7(2)5(8)4(6(9)11-3)13(10)12-7/h1-3H3. The summed E-state index contributed by atoms with van der Waals surface area (Å²) in [6.07, 6.45) is 0. The van der Waals surface area contributed by atoms with Crippen LogP contribution in [0, 0.1) is 0 Å². The summed E-state index contributed by atoms with van der Waals surface area (Å²) >= 11 is 1.44. The predicted octanol–water partition coefficient (Wildman–Crippen LogP) is 1.24. The molecule has 0 aromatic carbocycles. The van der Waals surface area contributed by atoms with E-state index in [0.717, 1.165) is 0 Å². The molecule has 0 aliphatic carbocycles. The van der Waals surface area contributed by atoms with Crippen LogP contribution in [-0.4, -0.2) is 22.9 Å². The third-order valence-corrected chi connectivity index (χ3v) is 4.44. The zero-order chi connectivity index (χ0) is 10.2. The van der Waals surface area contributed by atoms with Crippen molar-refractivity contribution in [2.45, 2.75) is 19.4 Å². The topological polar surface area (TPSA) is 52.6 Å². The number of esters is 1. The van der Waals surface area contributed by atoms with E-state index in [0.29, 0.717) is 4.48 Å². The first-order valence-corrected chi connectivity index (χ1v) is 5.36. The van der Waals surface area contributed by atoms with Crippen LogP contribution in [0.5, 0.6) is 0 Å². The summed E-state index contributed by atoms with van der Waals surface area (Å²) in [4.78, 5) is 11.2. The van der Waals surface area contributed by atoms with Crippen molar-refractivity contribution in [3.63, 3.8) is 0 Å². The Bertz CT molecular complexity index is 308. The van der Waals surface area contributed by atoms with E-state index in [1.807, 2.05) is 0 Å². The molecule has 0 fully saturated rings. The van der Waals surface area contributed by atoms with Gasteiger partial charge in [-0.2, -0.15) is 0 Å². The first-order valence-electron chi connectivity index (χ1n) is 3.50. The summed E-state index contributed by atoms with van der Waals surface area (Å²) in [6.45, 7) is 3.43. The highest BCUT2D eigenvalue weighted by molar-refractivity contribution is 9.12. The fourth-order valence-corrected chi connectivity index (χ4v) is 2.77. The Kier molecular flexibility index (Phi) is 2.94. The lowest BCUT2D eigenvalue weighted by atomic mass is 10.1. The van der Waals surface area contributed by atoms with Gasteiger partial charge >= 0.3 is 5.97 Å². The Morgan fingerprint density at radius 2 is 2.15 bits per heavy atom. The lowest BCUT2D eigenvalue weighted by Gasteiger charge is -2.14. The number of carbonyl (C=O) groups excluding carboxylic acids is 1. The van der Waals surface area contributed by atoms with Gasteiger partial charge in [0.2, 0.25) is 0 Å². The van der Waals surface area contributed by atoms with Crippen LogP contribution in [0.1, 0.15) is 13.8 Å². The number of carbonyl (C=O) groups is 1. The average molecular weight is 269 g/mol. The van der Waals surface area contributed by atoms with Gasteiger partial charge in [-0.25, -0.2) is 9.00 Å². The molecule has 13 heavy (non-hydrogen) atoms. The van der Waals surface area contributed by atoms with Crippen LogP contribution in [0.25, 0.3) is 0 Å². The van der Waals surface area contributed by atoms with Crippen molar-refractivity contribution in [1.29, 1.82) is 0 Å². The van der Waals surface area contributed by atoms with Gasteiger partial charge in [0.1, 0.15) is 5.60 Å². The summed E-state index contributed by atoms with van der Waals surface area (Å²) in [5, 5.41) is 0. The fraction of sp³-hybridized carbons (Fsp3) is 0.571. The first kappa shape index (κ1) is 10.9. The molecule has 0 aromatic heterocycles. The Morgan fingerprint density at radius 3 is 2.46 bits per heavy atom. The molecular formula is C7H9BrO4S. The maximum Gasteiger partial charge on any atom is 0.350 e. The van der Waals surface area contributed by atoms with E-state index in [4.69, 9.17) is 4.18 Å². The third-order valence-electron chi connectivity index (χ3n) is 1.55. The average Bonchev–Trinajstić information content (AvgIpc) is 2.21. The molecule has 0 radical (unpaired) electrons. The molecule has 4 nitrogen and oxygen atoms in total. The van der Waals surface area contributed by atoms with E-state index < -0.39 is 22.7 Å². The molecule has 0 bridgehead atoms. The molecule has 1 aliphatic heterocycles. The summed E-state index contributed by atoms with van der Waals surface area (Å²) in [6, 6.07) is 0. The largest absolute Gasteiger partial charge is 0.465 e. The van der Waals surface area contributed by atoms with Gasteiger partial charge in [0.05, 0.1) is 11.6 Å². The Hall–Kier alpha value is -0.200. The van der Waals surface area contributed by atoms with Crippen LogP contribution in [0.3, 0.4) is 0 Å². The molecule has 1 heterocycles. The third kappa shape index (κ3) is 1.84. The van der Waals surface area contributed by atoms with Crippen molar-refractivity contribution in [1.82, 2.24) is 0 Å². The number of methoxy groups -OCH3 is 1. The van der Waals surface area contributed by atoms with Crippen LogP contribution in [0.2, 0.25) is 0 Å². The van der Waals surface area contributed by atoms with Gasteiger partial charge in [0, 0.05) is 0 Å². The van der Waals surface area contributed by atoms with Gasteiger partial charge in [-0.15, -0.1) is 0 Å². The van der Waals surface area contributed by atoms with Crippen molar-refractivity contribution < 1.29 is 17.9 Å². The normalized spacial score (nSPS) is 26.3. The molecule has 0 amide bonds. The van der Waals surface area contributed by atoms with Crippen LogP contribution in [-0.2, 0) is 24.8 Å². The number of hydrogen-bond acceptors (Lipinski definition) is 4. The van der Waals surface area contributed by atoms with Crippen LogP contribution >= 0.6 is 15.9 Å². The second kappa shape index (κ2) is 3.51. The zero-order valence-corrected chi connectivity index (χ0v) is 9.82. The molecular weight excluding hydrogens is 260 g/mol. The maximum absolute atomic E-state index is 11.3. The molecule has 0 saturated carbocycles. The smallest absolute Gasteiger partial charge is 0.350 e. The summed E-state index contributed by atoms with van der Waals surface area (Å²) in [7, 11) is 1.23. The van der Waals surface area contributed by atoms with Crippen LogP contribution in [0.15, 0.2) is 9.39 Å². The van der Waals surface area contributed by atoms with E-state index in [2.05, 4.69) is 20.7 Å². The summed E-state index contributed by atoms with van der Waals surface area (Å²) in [5.41, 5.74) is -0.728. The molecule has 74 valence electrons. The SMILES string of the molecule is COC(=O)C1=C(Br)C(C)(C)OS1=O. The number of halogens is 1. The van der Waals surface area contributed by atoms with Gasteiger partial charge in [0.25, 0.3) is 0 Å². The predicted molar refractivity (Wildman–Crippen MR) is 51.3 cm³/mol. The minimum absolute atomic E-state index is 0.0486. The van der Waals surface area contributed by atoms with Gasteiger partial charge in [0.15, 0.2) is 16.0 Å². The van der Waals surface area contributed by atoms with E-state index in [-0.39, 0.29) is 4.91 Å². The summed E-state index contributed by atoms with van der Waals surface area (Å²) < 4.78 is 21.3. The Morgan fingerprint density at radius 1 is 1.62 bits per heavy atom. The van der Waals surface area contributed by atoms with Crippen molar-refractivity contribution in [3.05, 3.63) is 9.39 Å². The van der Waals surface area contributed by atoms with E-state index >= 15 is 0 Å². The van der Waals surface area contributed by atoms with Gasteiger partial charge in [-0.05, 0) is 13.8 Å². The van der Waals surface area contributed by atoms with Crippen LogP contribution < -0.4 is 0 Å². The molecule has 1 atom stereocenters. The highest BCUT2D eigenvalue weighted by Gasteiger charge is 2.41. The molecule has 6 heteroatoms. The molecule has 1 aliphatic rings. The lowest BCUT2D eigenvalue weighted by Crippen LogP contribution is -2.19. The lowest BCUT2D eigenvalue weighted by molar-refractivity contribution is -0.135. The monoisotopic (exact) mass is 268 g/mol. The molecule has 1 unspecified atom stereocenters. The number of rotatable bonds is 1. The van der Waals surface area contributed by atoms with Crippen molar-refractivity contribution in [2.24, 2.45) is 0 Å². The maximum atomic E-state index is 11.3. The van der Waals surface area contributed by atoms with Crippen molar-refractivity contribution >= 4 is 33.0 Å². The fourth-order valence-electron chi connectivity index (χ4n) is 0.864. The molecule has 0 spiro atoms. The van der Waals surface area contributed by atoms with Crippen molar-refractivity contribution in [2.75, 3.05) is 7.11 Å². The quantitative estimate of drug-likeness (QED) is 0.672. The zero-order valence-electron chi connectivity index (χ0n) is 7.42. The summed E-state index contributed by atoms with van der Waals surface area (Å²) in [5.74, 6) is -0.629. The Labute approximate surface area is 87.1 Å². The minimum Gasteiger partial charge on any atom is -0.465 e. The van der Waals surface area contributed by atoms with Gasteiger partial charge in [-0.1, -0.05) is 15.9 Å². The van der Waals surface area contributed by atoms with E-state index in [9.17, 15) is 9.00 Å². The molecule has 0 N–H and O–H groups in total. The molecule has 1 rings (SSSR count). The highest BCUT2D eigenvalue weighted by atomic mass is 79.9. The number of ether oxygens (including phenoxy) is 1. The van der Waals surface area contributed by atoms with E-state index in [1.165, 1.54) is 7.11 Å². The number of hydrogen-bond donors (Lipinski definition) is 0. The Balaban J connectivity index is 3.13.